The fraction of sp³-hybridized carbons (Fsp3) is 0.739. The Morgan fingerprint density at radius 1 is 1.24 bits per heavy atom. The van der Waals surface area contributed by atoms with Crippen LogP contribution in [0.4, 0.5) is 0 Å². The quantitative estimate of drug-likeness (QED) is 0.659. The van der Waals surface area contributed by atoms with Crippen molar-refractivity contribution in [2.75, 3.05) is 40.3 Å². The summed E-state index contributed by atoms with van der Waals surface area (Å²) >= 11 is 1.66. The fourth-order valence-corrected chi connectivity index (χ4v) is 5.52. The van der Waals surface area contributed by atoms with Crippen molar-refractivity contribution in [1.29, 1.82) is 0 Å². The number of nitrogens with zero attached hydrogens (tertiary/aromatic N) is 2. The number of hydrogen-bond donors (Lipinski definition) is 1. The zero-order valence-electron chi connectivity index (χ0n) is 19.1. The van der Waals surface area contributed by atoms with Gasteiger partial charge in [0, 0.05) is 37.0 Å². The normalized spacial score (nSPS) is 15.8. The fourth-order valence-electron chi connectivity index (χ4n) is 4.19. The van der Waals surface area contributed by atoms with E-state index in [1.54, 1.807) is 11.3 Å². The van der Waals surface area contributed by atoms with Gasteiger partial charge in [-0.2, -0.15) is 0 Å². The second-order valence-corrected chi connectivity index (χ2v) is 10.5. The molecule has 0 spiro atoms. The van der Waals surface area contributed by atoms with Gasteiger partial charge in [0.05, 0.1) is 4.88 Å². The molecule has 0 saturated carbocycles. The first-order valence-electron chi connectivity index (χ1n) is 11.0. The number of thiophene rings is 1. The third-order valence-electron chi connectivity index (χ3n) is 5.60. The van der Waals surface area contributed by atoms with Crippen LogP contribution in [-0.2, 0) is 17.6 Å². The molecule has 29 heavy (non-hydrogen) atoms. The van der Waals surface area contributed by atoms with Crippen LogP contribution in [-0.4, -0.2) is 61.9 Å². The minimum absolute atomic E-state index is 0.0133. The average molecular weight is 422 g/mol. The van der Waals surface area contributed by atoms with E-state index in [9.17, 15) is 9.59 Å². The summed E-state index contributed by atoms with van der Waals surface area (Å²) in [6.07, 6.45) is 4.63. The topological polar surface area (TPSA) is 52.7 Å². The Morgan fingerprint density at radius 2 is 1.90 bits per heavy atom. The van der Waals surface area contributed by atoms with E-state index in [4.69, 9.17) is 0 Å². The average Bonchev–Trinajstić information content (AvgIpc) is 3.08. The van der Waals surface area contributed by atoms with Gasteiger partial charge in [-0.3, -0.25) is 9.59 Å². The molecule has 2 rings (SSSR count). The first-order valence-corrected chi connectivity index (χ1v) is 11.8. The van der Waals surface area contributed by atoms with Gasteiger partial charge in [0.15, 0.2) is 0 Å². The van der Waals surface area contributed by atoms with Crippen molar-refractivity contribution in [2.24, 2.45) is 11.3 Å². The number of aryl methyl sites for hydroxylation is 2. The maximum absolute atomic E-state index is 13.0. The first kappa shape index (κ1) is 23.9. The molecule has 0 aromatic carbocycles. The number of amides is 2. The van der Waals surface area contributed by atoms with Crippen LogP contribution in [0.1, 0.15) is 67.1 Å². The predicted molar refractivity (Wildman–Crippen MR) is 122 cm³/mol. The number of nitrogens with one attached hydrogen (secondary N) is 1. The van der Waals surface area contributed by atoms with Gasteiger partial charge in [-0.1, -0.05) is 34.1 Å². The Hall–Kier alpha value is -1.40. The second-order valence-electron chi connectivity index (χ2n) is 9.35. The maximum atomic E-state index is 13.0. The van der Waals surface area contributed by atoms with E-state index >= 15 is 0 Å². The van der Waals surface area contributed by atoms with Crippen molar-refractivity contribution >= 4 is 23.2 Å². The van der Waals surface area contributed by atoms with E-state index < -0.39 is 0 Å². The van der Waals surface area contributed by atoms with E-state index in [1.165, 1.54) is 10.4 Å². The molecular weight excluding hydrogens is 382 g/mol. The molecule has 0 aliphatic carbocycles. The van der Waals surface area contributed by atoms with Gasteiger partial charge in [-0.05, 0) is 56.8 Å². The van der Waals surface area contributed by atoms with Crippen LogP contribution in [0.2, 0.25) is 0 Å². The number of hydrogen-bond acceptors (Lipinski definition) is 4. The molecule has 5 nitrogen and oxygen atoms in total. The second kappa shape index (κ2) is 10.6. The first-order chi connectivity index (χ1) is 13.7. The van der Waals surface area contributed by atoms with Crippen LogP contribution in [0, 0.1) is 11.3 Å². The standard InChI is InChI=1S/C23H39N3O2S/c1-7-9-19-17(8-2)14-20(29-19)22(28)26-12-10-18(11-13-26)21(27)24-15-23(3,4)16-25(5)6/h14,18H,7-13,15-16H2,1-6H3,(H,24,27). The van der Waals surface area contributed by atoms with Crippen molar-refractivity contribution in [2.45, 2.75) is 59.8 Å². The predicted octanol–water partition coefficient (Wildman–Crippen LogP) is 3.82. The van der Waals surface area contributed by atoms with Crippen molar-refractivity contribution in [1.82, 2.24) is 15.1 Å². The number of carbonyl (C=O) groups is 2. The monoisotopic (exact) mass is 421 g/mol. The summed E-state index contributed by atoms with van der Waals surface area (Å²) in [5, 5.41) is 3.14. The molecule has 1 aliphatic rings. The van der Waals surface area contributed by atoms with Crippen molar-refractivity contribution < 1.29 is 9.59 Å². The van der Waals surface area contributed by atoms with Crippen LogP contribution >= 0.6 is 11.3 Å². The molecule has 1 fully saturated rings. The molecule has 1 aromatic rings. The van der Waals surface area contributed by atoms with E-state index in [2.05, 4.69) is 58.1 Å². The summed E-state index contributed by atoms with van der Waals surface area (Å²) < 4.78 is 0. The highest BCUT2D eigenvalue weighted by Gasteiger charge is 2.30. The summed E-state index contributed by atoms with van der Waals surface area (Å²) in [6.45, 7) is 11.6. The third kappa shape index (κ3) is 6.82. The minimum Gasteiger partial charge on any atom is -0.355 e. The molecule has 1 saturated heterocycles. The molecule has 6 heteroatoms. The van der Waals surface area contributed by atoms with Crippen LogP contribution in [0.5, 0.6) is 0 Å². The van der Waals surface area contributed by atoms with Gasteiger partial charge < -0.3 is 15.1 Å². The van der Waals surface area contributed by atoms with Gasteiger partial charge >= 0.3 is 0 Å². The molecule has 0 radical (unpaired) electrons. The van der Waals surface area contributed by atoms with Gasteiger partial charge in [-0.25, -0.2) is 0 Å². The zero-order chi connectivity index (χ0) is 21.6. The van der Waals surface area contributed by atoms with E-state index in [0.717, 1.165) is 43.5 Å². The maximum Gasteiger partial charge on any atom is 0.263 e. The molecule has 2 amide bonds. The highest BCUT2D eigenvalue weighted by molar-refractivity contribution is 7.14. The van der Waals surface area contributed by atoms with Gasteiger partial charge in [0.25, 0.3) is 5.91 Å². The summed E-state index contributed by atoms with van der Waals surface area (Å²) in [5.41, 5.74) is 1.36. The lowest BCUT2D eigenvalue weighted by Gasteiger charge is -2.33. The van der Waals surface area contributed by atoms with Crippen molar-refractivity contribution in [3.05, 3.63) is 21.4 Å². The third-order valence-corrected chi connectivity index (χ3v) is 6.83. The van der Waals surface area contributed by atoms with Gasteiger partial charge in [-0.15, -0.1) is 11.3 Å². The molecule has 1 aromatic heterocycles. The van der Waals surface area contributed by atoms with Crippen LogP contribution in [0.3, 0.4) is 0 Å². The highest BCUT2D eigenvalue weighted by Crippen LogP contribution is 2.27. The molecule has 0 atom stereocenters. The van der Waals surface area contributed by atoms with E-state index in [0.29, 0.717) is 19.6 Å². The molecule has 0 bridgehead atoms. The number of carbonyl (C=O) groups excluding carboxylic acids is 2. The molecule has 164 valence electrons. The molecule has 1 aliphatic heterocycles. The van der Waals surface area contributed by atoms with E-state index in [-0.39, 0.29) is 23.1 Å². The molecule has 0 unspecified atom stereocenters. The van der Waals surface area contributed by atoms with Crippen LogP contribution < -0.4 is 5.32 Å². The summed E-state index contributed by atoms with van der Waals surface area (Å²) in [4.78, 5) is 31.9. The summed E-state index contributed by atoms with van der Waals surface area (Å²) in [5.74, 6) is 0.288. The summed E-state index contributed by atoms with van der Waals surface area (Å²) in [7, 11) is 4.11. The van der Waals surface area contributed by atoms with Crippen molar-refractivity contribution in [3.63, 3.8) is 0 Å². The Balaban J connectivity index is 1.87. The molecule has 2 heterocycles. The molecular formula is C23H39N3O2S. The SMILES string of the molecule is CCCc1sc(C(=O)N2CCC(C(=O)NCC(C)(C)CN(C)C)CC2)cc1CC. The lowest BCUT2D eigenvalue weighted by molar-refractivity contribution is -0.126. The van der Waals surface area contributed by atoms with Crippen LogP contribution in [0.15, 0.2) is 6.07 Å². The lowest BCUT2D eigenvalue weighted by Crippen LogP contribution is -2.45. The minimum atomic E-state index is 0.0133. The smallest absolute Gasteiger partial charge is 0.263 e. The Kier molecular flexibility index (Phi) is 8.71. The summed E-state index contributed by atoms with van der Waals surface area (Å²) in [6, 6.07) is 2.09. The van der Waals surface area contributed by atoms with E-state index in [1.807, 2.05) is 4.90 Å². The number of piperidine rings is 1. The van der Waals surface area contributed by atoms with Crippen molar-refractivity contribution in [3.8, 4) is 0 Å². The molecule has 1 N–H and O–H groups in total. The zero-order valence-corrected chi connectivity index (χ0v) is 20.0. The Bertz CT molecular complexity index is 688. The Labute approximate surface area is 180 Å². The van der Waals surface area contributed by atoms with Gasteiger partial charge in [0.1, 0.15) is 0 Å². The lowest BCUT2D eigenvalue weighted by atomic mass is 9.91. The Morgan fingerprint density at radius 3 is 2.45 bits per heavy atom. The largest absolute Gasteiger partial charge is 0.355 e. The van der Waals surface area contributed by atoms with Gasteiger partial charge in [0.2, 0.25) is 5.91 Å². The highest BCUT2D eigenvalue weighted by atomic mass is 32.1. The number of rotatable bonds is 9. The number of likely N-dealkylation sites (tertiary alicyclic amines) is 1. The van der Waals surface area contributed by atoms with Crippen LogP contribution in [0.25, 0.3) is 0 Å².